The Balaban J connectivity index is 0.000000270. The van der Waals surface area contributed by atoms with E-state index in [1.165, 1.54) is 36.4 Å². The topological polar surface area (TPSA) is 121 Å². The lowest BCUT2D eigenvalue weighted by molar-refractivity contribution is -0.0505. The molecule has 1 atom stereocenters. The minimum Gasteiger partial charge on any atom is -0.444 e. The Morgan fingerprint density at radius 1 is 0.660 bits per heavy atom. The Bertz CT molecular complexity index is 1380. The molecule has 2 aliphatic rings. The van der Waals surface area contributed by atoms with Gasteiger partial charge in [0.15, 0.2) is 5.78 Å². The van der Waals surface area contributed by atoms with Crippen LogP contribution in [0.5, 0.6) is 11.5 Å². The summed E-state index contributed by atoms with van der Waals surface area (Å²) in [7, 11) is 0. The number of hydrogen-bond donors (Lipinski definition) is 1. The predicted octanol–water partition coefficient (Wildman–Crippen LogP) is 8.05. The number of benzene rings is 2. The SMILES string of the molecule is CC(C)(C)OC(=O)N1CCC(C(=O)c2ccc(OC(F)F)cc2)CC1.CC(C)(C)OC(=O)N1CCC(C(N)c2ccc(OC(F)F)cc2)CC1. The standard InChI is InChI=1S/C18H26F2N2O3.C18H23F2NO4/c1-18(2,3)25-17(23)22-10-8-13(9-11-22)15(21)12-4-6-14(7-5-12)24-16(19)20;1-18(2,3)25-17(23)21-10-8-13(9-11-21)15(22)12-4-6-14(7-5-12)24-16(19)20/h4-7,13,15-16H,8-11,21H2,1-3H3;4-7,13,16H,8-11H2,1-3H3. The van der Waals surface area contributed by atoms with Crippen molar-refractivity contribution in [1.82, 2.24) is 9.80 Å². The van der Waals surface area contributed by atoms with Crippen LogP contribution < -0.4 is 15.2 Å². The Kier molecular flexibility index (Phi) is 14.3. The second-order valence-corrected chi connectivity index (χ2v) is 14.3. The highest BCUT2D eigenvalue weighted by molar-refractivity contribution is 5.98. The number of carbonyl (C=O) groups is 3. The van der Waals surface area contributed by atoms with Gasteiger partial charge in [-0.1, -0.05) is 12.1 Å². The van der Waals surface area contributed by atoms with Crippen molar-refractivity contribution in [3.8, 4) is 11.5 Å². The maximum Gasteiger partial charge on any atom is 0.410 e. The number of alkyl halides is 4. The number of ketones is 1. The molecule has 2 heterocycles. The van der Waals surface area contributed by atoms with Crippen LogP contribution in [0, 0.1) is 11.8 Å². The molecule has 2 saturated heterocycles. The summed E-state index contributed by atoms with van der Waals surface area (Å²) >= 11 is 0. The van der Waals surface area contributed by atoms with E-state index >= 15 is 0 Å². The third-order valence-electron chi connectivity index (χ3n) is 8.07. The van der Waals surface area contributed by atoms with Gasteiger partial charge in [0.1, 0.15) is 22.7 Å². The molecule has 2 N–H and O–H groups in total. The monoisotopic (exact) mass is 711 g/mol. The molecule has 2 aromatic carbocycles. The number of Topliss-reactive ketones (excluding diaryl/α,β-unsaturated/α-hetero) is 1. The average molecular weight is 712 g/mol. The summed E-state index contributed by atoms with van der Waals surface area (Å²) < 4.78 is 68.0. The summed E-state index contributed by atoms with van der Waals surface area (Å²) in [6.07, 6.45) is 1.98. The van der Waals surface area contributed by atoms with Gasteiger partial charge in [0.25, 0.3) is 0 Å². The number of halogens is 4. The summed E-state index contributed by atoms with van der Waals surface area (Å²) in [4.78, 5) is 39.9. The number of carbonyl (C=O) groups excluding carboxylic acids is 3. The van der Waals surface area contributed by atoms with Gasteiger partial charge in [0.2, 0.25) is 0 Å². The molecule has 0 bridgehead atoms. The Hall–Kier alpha value is -4.07. The van der Waals surface area contributed by atoms with Crippen LogP contribution in [-0.2, 0) is 9.47 Å². The van der Waals surface area contributed by atoms with Crippen molar-refractivity contribution in [2.75, 3.05) is 26.2 Å². The molecule has 0 aromatic heterocycles. The van der Waals surface area contributed by atoms with E-state index in [1.54, 1.807) is 21.9 Å². The van der Waals surface area contributed by atoms with Gasteiger partial charge in [0.05, 0.1) is 0 Å². The molecule has 278 valence electrons. The zero-order chi connectivity index (χ0) is 37.2. The van der Waals surface area contributed by atoms with Gasteiger partial charge in [-0.2, -0.15) is 17.6 Å². The van der Waals surface area contributed by atoms with Gasteiger partial charge in [-0.25, -0.2) is 9.59 Å². The van der Waals surface area contributed by atoms with Crippen molar-refractivity contribution in [3.05, 3.63) is 59.7 Å². The number of nitrogens with zero attached hydrogens (tertiary/aromatic N) is 2. The van der Waals surface area contributed by atoms with Crippen LogP contribution in [0.15, 0.2) is 48.5 Å². The predicted molar refractivity (Wildman–Crippen MR) is 178 cm³/mol. The normalized spacial score (nSPS) is 16.7. The van der Waals surface area contributed by atoms with E-state index in [0.717, 1.165) is 18.4 Å². The van der Waals surface area contributed by atoms with Gasteiger partial charge in [-0.05, 0) is 115 Å². The summed E-state index contributed by atoms with van der Waals surface area (Å²) in [5.41, 5.74) is 6.59. The first-order chi connectivity index (χ1) is 23.3. The van der Waals surface area contributed by atoms with E-state index in [9.17, 15) is 31.9 Å². The van der Waals surface area contributed by atoms with Crippen LogP contribution in [0.3, 0.4) is 0 Å². The third-order valence-corrected chi connectivity index (χ3v) is 8.07. The Morgan fingerprint density at radius 2 is 1.04 bits per heavy atom. The highest BCUT2D eigenvalue weighted by Gasteiger charge is 2.31. The molecule has 4 rings (SSSR count). The van der Waals surface area contributed by atoms with Crippen molar-refractivity contribution in [2.45, 2.75) is 97.7 Å². The molecule has 10 nitrogen and oxygen atoms in total. The molecule has 2 fully saturated rings. The first kappa shape index (κ1) is 40.4. The van der Waals surface area contributed by atoms with Crippen LogP contribution >= 0.6 is 0 Å². The Morgan fingerprint density at radius 3 is 1.42 bits per heavy atom. The molecule has 0 spiro atoms. The number of ether oxygens (including phenoxy) is 4. The van der Waals surface area contributed by atoms with Crippen LogP contribution in [0.1, 0.15) is 89.2 Å². The highest BCUT2D eigenvalue weighted by atomic mass is 19.3. The van der Waals surface area contributed by atoms with Gasteiger partial charge < -0.3 is 34.5 Å². The number of nitrogens with two attached hydrogens (primary N) is 1. The first-order valence-corrected chi connectivity index (χ1v) is 16.7. The molecule has 2 aromatic rings. The maximum atomic E-state index is 12.5. The number of piperidine rings is 2. The molecular weight excluding hydrogens is 662 g/mol. The van der Waals surface area contributed by atoms with E-state index < -0.39 is 24.4 Å². The van der Waals surface area contributed by atoms with Gasteiger partial charge in [0, 0.05) is 43.7 Å². The summed E-state index contributed by atoms with van der Waals surface area (Å²) in [5, 5.41) is 0. The lowest BCUT2D eigenvalue weighted by Gasteiger charge is -2.35. The molecule has 1 unspecified atom stereocenters. The van der Waals surface area contributed by atoms with Gasteiger partial charge >= 0.3 is 25.4 Å². The average Bonchev–Trinajstić information content (AvgIpc) is 3.03. The second kappa shape index (κ2) is 17.7. The van der Waals surface area contributed by atoms with E-state index in [0.29, 0.717) is 44.6 Å². The molecule has 14 heteroatoms. The lowest BCUT2D eigenvalue weighted by atomic mass is 9.86. The van der Waals surface area contributed by atoms with E-state index in [-0.39, 0.29) is 47.3 Å². The molecule has 2 amide bonds. The fourth-order valence-electron chi connectivity index (χ4n) is 5.60. The first-order valence-electron chi connectivity index (χ1n) is 16.7. The smallest absolute Gasteiger partial charge is 0.410 e. The number of hydrogen-bond acceptors (Lipinski definition) is 8. The largest absolute Gasteiger partial charge is 0.444 e. The second-order valence-electron chi connectivity index (χ2n) is 14.3. The van der Waals surface area contributed by atoms with Crippen molar-refractivity contribution >= 4 is 18.0 Å². The van der Waals surface area contributed by atoms with Crippen molar-refractivity contribution in [1.29, 1.82) is 0 Å². The van der Waals surface area contributed by atoms with E-state index in [2.05, 4.69) is 9.47 Å². The lowest BCUT2D eigenvalue weighted by Crippen LogP contribution is -2.43. The van der Waals surface area contributed by atoms with E-state index in [1.807, 2.05) is 41.5 Å². The Labute approximate surface area is 291 Å². The minimum atomic E-state index is -2.89. The van der Waals surface area contributed by atoms with Crippen molar-refractivity contribution in [3.63, 3.8) is 0 Å². The quantitative estimate of drug-likeness (QED) is 0.216. The number of rotatable bonds is 8. The zero-order valence-electron chi connectivity index (χ0n) is 29.5. The van der Waals surface area contributed by atoms with Crippen LogP contribution in [0.4, 0.5) is 27.2 Å². The summed E-state index contributed by atoms with van der Waals surface area (Å²) in [6, 6.07) is 11.9. The summed E-state index contributed by atoms with van der Waals surface area (Å²) in [5.74, 6) is 0.116. The highest BCUT2D eigenvalue weighted by Crippen LogP contribution is 2.31. The minimum absolute atomic E-state index is 0.0197. The fraction of sp³-hybridized carbons (Fsp3) is 0.583. The molecular formula is C36H49F4N3O7. The molecule has 0 aliphatic carbocycles. The maximum absolute atomic E-state index is 12.5. The summed E-state index contributed by atoms with van der Waals surface area (Å²) in [6.45, 7) is 7.33. The van der Waals surface area contributed by atoms with Gasteiger partial charge in [-0.15, -0.1) is 0 Å². The fourth-order valence-corrected chi connectivity index (χ4v) is 5.60. The van der Waals surface area contributed by atoms with Gasteiger partial charge in [-0.3, -0.25) is 4.79 Å². The molecule has 50 heavy (non-hydrogen) atoms. The van der Waals surface area contributed by atoms with Crippen LogP contribution in [0.2, 0.25) is 0 Å². The van der Waals surface area contributed by atoms with Crippen molar-refractivity contribution in [2.24, 2.45) is 17.6 Å². The number of amides is 2. The third kappa shape index (κ3) is 13.3. The van der Waals surface area contributed by atoms with Crippen LogP contribution in [-0.4, -0.2) is 78.4 Å². The molecule has 0 radical (unpaired) electrons. The molecule has 2 aliphatic heterocycles. The van der Waals surface area contributed by atoms with Crippen molar-refractivity contribution < 1.29 is 50.9 Å². The van der Waals surface area contributed by atoms with Crippen LogP contribution in [0.25, 0.3) is 0 Å². The molecule has 0 saturated carbocycles. The zero-order valence-corrected chi connectivity index (χ0v) is 29.5. The van der Waals surface area contributed by atoms with E-state index in [4.69, 9.17) is 15.2 Å². The number of likely N-dealkylation sites (tertiary alicyclic amines) is 2.